The van der Waals surface area contributed by atoms with E-state index in [9.17, 15) is 9.18 Å². The number of carbonyl (C=O) groups excluding carboxylic acids is 1. The van der Waals surface area contributed by atoms with E-state index in [0.717, 1.165) is 16.3 Å². The molecule has 1 amide bonds. The summed E-state index contributed by atoms with van der Waals surface area (Å²) in [5, 5.41) is 5.59. The number of nitrogens with zero attached hydrogens (tertiary/aromatic N) is 1. The van der Waals surface area contributed by atoms with E-state index in [1.807, 2.05) is 18.4 Å². The summed E-state index contributed by atoms with van der Waals surface area (Å²) in [5.74, 6) is 5.37. The first-order chi connectivity index (χ1) is 11.6. The molecule has 0 saturated carbocycles. The van der Waals surface area contributed by atoms with Crippen molar-refractivity contribution >= 4 is 22.9 Å². The maximum absolute atomic E-state index is 12.9. The zero-order valence-electron chi connectivity index (χ0n) is 12.8. The minimum Gasteiger partial charge on any atom is -0.322 e. The van der Waals surface area contributed by atoms with E-state index in [2.05, 4.69) is 22.1 Å². The van der Waals surface area contributed by atoms with Crippen LogP contribution < -0.4 is 5.32 Å². The van der Waals surface area contributed by atoms with Gasteiger partial charge in [0.05, 0.1) is 5.01 Å². The largest absolute Gasteiger partial charge is 0.322 e. The van der Waals surface area contributed by atoms with Gasteiger partial charge in [-0.2, -0.15) is 0 Å². The van der Waals surface area contributed by atoms with Gasteiger partial charge in [0.15, 0.2) is 0 Å². The van der Waals surface area contributed by atoms with Gasteiger partial charge in [0.2, 0.25) is 0 Å². The highest BCUT2D eigenvalue weighted by Crippen LogP contribution is 2.12. The summed E-state index contributed by atoms with van der Waals surface area (Å²) in [4.78, 5) is 16.5. The molecule has 3 aromatic rings. The third-order valence-corrected chi connectivity index (χ3v) is 3.95. The first-order valence-corrected chi connectivity index (χ1v) is 8.09. The number of amides is 1. The van der Waals surface area contributed by atoms with Crippen molar-refractivity contribution in [1.29, 1.82) is 0 Å². The number of carbonyl (C=O) groups is 1. The van der Waals surface area contributed by atoms with Crippen molar-refractivity contribution in [3.8, 4) is 11.8 Å². The number of halogens is 1. The predicted octanol–water partition coefficient (Wildman–Crippen LogP) is 4.24. The standard InChI is InChI=1S/C19H13FN2OS/c1-13-21-18(12-24-13)8-5-14-3-2-4-15(11-14)19(23)22-17-9-6-16(20)7-10-17/h2-4,6-7,9-12H,1H3,(H,22,23). The second-order valence-corrected chi connectivity index (χ2v) is 6.11. The second-order valence-electron chi connectivity index (χ2n) is 5.04. The Bertz CT molecular complexity index is 936. The van der Waals surface area contributed by atoms with Crippen LogP contribution in [0.3, 0.4) is 0 Å². The smallest absolute Gasteiger partial charge is 0.255 e. The van der Waals surface area contributed by atoms with Gasteiger partial charge >= 0.3 is 0 Å². The number of benzene rings is 2. The van der Waals surface area contributed by atoms with Crippen molar-refractivity contribution in [2.45, 2.75) is 6.92 Å². The summed E-state index contributed by atoms with van der Waals surface area (Å²) >= 11 is 1.55. The van der Waals surface area contributed by atoms with Crippen LogP contribution in [0.25, 0.3) is 0 Å². The molecule has 0 saturated heterocycles. The molecule has 3 nitrogen and oxygen atoms in total. The Kier molecular flexibility index (Phi) is 4.69. The fraction of sp³-hybridized carbons (Fsp3) is 0.0526. The fourth-order valence-corrected chi connectivity index (χ4v) is 2.58. The molecule has 1 heterocycles. The van der Waals surface area contributed by atoms with Crippen molar-refractivity contribution in [3.05, 3.63) is 81.6 Å². The number of rotatable bonds is 2. The topological polar surface area (TPSA) is 42.0 Å². The van der Waals surface area contributed by atoms with Gasteiger partial charge < -0.3 is 5.32 Å². The molecule has 5 heteroatoms. The highest BCUT2D eigenvalue weighted by atomic mass is 32.1. The molecule has 0 unspecified atom stereocenters. The molecule has 0 atom stereocenters. The van der Waals surface area contributed by atoms with Gasteiger partial charge in [-0.3, -0.25) is 4.79 Å². The Hall–Kier alpha value is -2.97. The molecule has 0 bridgehead atoms. The first-order valence-electron chi connectivity index (χ1n) is 7.21. The second kappa shape index (κ2) is 7.07. The quantitative estimate of drug-likeness (QED) is 0.711. The minimum absolute atomic E-state index is 0.269. The number of thiazole rings is 1. The van der Waals surface area contributed by atoms with Gasteiger partial charge in [0.1, 0.15) is 11.5 Å². The van der Waals surface area contributed by atoms with Crippen molar-refractivity contribution in [1.82, 2.24) is 4.98 Å². The average molecular weight is 336 g/mol. The molecule has 0 aliphatic rings. The molecule has 1 aromatic heterocycles. The number of nitrogens with one attached hydrogen (secondary N) is 1. The van der Waals surface area contributed by atoms with Crippen LogP contribution in [0.5, 0.6) is 0 Å². The van der Waals surface area contributed by atoms with Crippen LogP contribution in [0.4, 0.5) is 10.1 Å². The highest BCUT2D eigenvalue weighted by Gasteiger charge is 2.06. The van der Waals surface area contributed by atoms with Crippen molar-refractivity contribution in [2.75, 3.05) is 5.32 Å². The summed E-state index contributed by atoms with van der Waals surface area (Å²) in [6.07, 6.45) is 0. The number of hydrogen-bond donors (Lipinski definition) is 1. The van der Waals surface area contributed by atoms with Crippen LogP contribution in [0, 0.1) is 24.6 Å². The van der Waals surface area contributed by atoms with Crippen LogP contribution in [0.15, 0.2) is 53.9 Å². The minimum atomic E-state index is -0.345. The summed E-state index contributed by atoms with van der Waals surface area (Å²) in [6.45, 7) is 1.93. The van der Waals surface area contributed by atoms with Crippen LogP contribution >= 0.6 is 11.3 Å². The normalized spacial score (nSPS) is 9.92. The monoisotopic (exact) mass is 336 g/mol. The average Bonchev–Trinajstić information content (AvgIpc) is 3.01. The third-order valence-electron chi connectivity index (χ3n) is 3.18. The molecule has 0 radical (unpaired) electrons. The van der Waals surface area contributed by atoms with E-state index >= 15 is 0 Å². The molecule has 0 aliphatic heterocycles. The van der Waals surface area contributed by atoms with Gasteiger partial charge in [-0.25, -0.2) is 9.37 Å². The number of aryl methyl sites for hydroxylation is 1. The maximum Gasteiger partial charge on any atom is 0.255 e. The maximum atomic E-state index is 12.9. The van der Waals surface area contributed by atoms with E-state index in [4.69, 9.17) is 0 Å². The number of aromatic nitrogens is 1. The molecule has 118 valence electrons. The molecular weight excluding hydrogens is 323 g/mol. The Morgan fingerprint density at radius 3 is 2.67 bits per heavy atom. The lowest BCUT2D eigenvalue weighted by atomic mass is 10.1. The van der Waals surface area contributed by atoms with Crippen LogP contribution in [0.1, 0.15) is 26.6 Å². The molecule has 3 rings (SSSR count). The molecular formula is C19H13FN2OS. The zero-order valence-corrected chi connectivity index (χ0v) is 13.7. The molecule has 1 N–H and O–H groups in total. The van der Waals surface area contributed by atoms with E-state index in [0.29, 0.717) is 11.3 Å². The van der Waals surface area contributed by atoms with Crippen LogP contribution in [-0.4, -0.2) is 10.9 Å². The Labute approximate surface area is 143 Å². The Morgan fingerprint density at radius 1 is 1.17 bits per heavy atom. The summed E-state index contributed by atoms with van der Waals surface area (Å²) in [6, 6.07) is 12.7. The lowest BCUT2D eigenvalue weighted by Gasteiger charge is -2.05. The van der Waals surface area contributed by atoms with E-state index < -0.39 is 0 Å². The number of anilines is 1. The van der Waals surface area contributed by atoms with Gasteiger partial charge in [-0.15, -0.1) is 11.3 Å². The van der Waals surface area contributed by atoms with Gasteiger partial charge in [0, 0.05) is 22.2 Å². The molecule has 0 spiro atoms. The SMILES string of the molecule is Cc1nc(C#Cc2cccc(C(=O)Nc3ccc(F)cc3)c2)cs1. The van der Waals surface area contributed by atoms with Crippen molar-refractivity contribution in [2.24, 2.45) is 0 Å². The van der Waals surface area contributed by atoms with Crippen LogP contribution in [0.2, 0.25) is 0 Å². The molecule has 2 aromatic carbocycles. The Balaban J connectivity index is 1.76. The summed E-state index contributed by atoms with van der Waals surface area (Å²) < 4.78 is 12.9. The lowest BCUT2D eigenvalue weighted by molar-refractivity contribution is 0.102. The van der Waals surface area contributed by atoms with Gasteiger partial charge in [-0.1, -0.05) is 12.0 Å². The molecule has 0 aliphatic carbocycles. The predicted molar refractivity (Wildman–Crippen MR) is 93.6 cm³/mol. The van der Waals surface area contributed by atoms with Gasteiger partial charge in [0.25, 0.3) is 5.91 Å². The fourth-order valence-electron chi connectivity index (χ4n) is 2.03. The van der Waals surface area contributed by atoms with E-state index in [1.54, 1.807) is 29.5 Å². The summed E-state index contributed by atoms with van der Waals surface area (Å²) in [5.41, 5.74) is 2.47. The zero-order chi connectivity index (χ0) is 16.9. The van der Waals surface area contributed by atoms with E-state index in [-0.39, 0.29) is 11.7 Å². The Morgan fingerprint density at radius 2 is 1.96 bits per heavy atom. The first kappa shape index (κ1) is 15.9. The lowest BCUT2D eigenvalue weighted by Crippen LogP contribution is -2.11. The summed E-state index contributed by atoms with van der Waals surface area (Å²) in [7, 11) is 0. The van der Waals surface area contributed by atoms with Crippen molar-refractivity contribution in [3.63, 3.8) is 0 Å². The van der Waals surface area contributed by atoms with E-state index in [1.165, 1.54) is 24.3 Å². The van der Waals surface area contributed by atoms with Crippen molar-refractivity contribution < 1.29 is 9.18 Å². The number of hydrogen-bond acceptors (Lipinski definition) is 3. The highest BCUT2D eigenvalue weighted by molar-refractivity contribution is 7.09. The van der Waals surface area contributed by atoms with Gasteiger partial charge in [-0.05, 0) is 55.3 Å². The molecule has 0 fully saturated rings. The molecule has 24 heavy (non-hydrogen) atoms. The third kappa shape index (κ3) is 4.06. The van der Waals surface area contributed by atoms with Crippen LogP contribution in [-0.2, 0) is 0 Å².